The van der Waals surface area contributed by atoms with E-state index in [2.05, 4.69) is 11.8 Å². The van der Waals surface area contributed by atoms with Gasteiger partial charge in [-0.05, 0) is 31.4 Å². The van der Waals surface area contributed by atoms with E-state index in [0.717, 1.165) is 24.0 Å². The van der Waals surface area contributed by atoms with Gasteiger partial charge in [-0.2, -0.15) is 0 Å². The number of hydrogen-bond donors (Lipinski definition) is 1. The Morgan fingerprint density at radius 1 is 1.27 bits per heavy atom. The fourth-order valence-electron chi connectivity index (χ4n) is 3.67. The van der Waals surface area contributed by atoms with Crippen LogP contribution in [0.2, 0.25) is 0 Å². The third-order valence-corrected chi connectivity index (χ3v) is 5.20. The van der Waals surface area contributed by atoms with E-state index in [9.17, 15) is 14.4 Å². The summed E-state index contributed by atoms with van der Waals surface area (Å²) >= 11 is 0. The van der Waals surface area contributed by atoms with Crippen molar-refractivity contribution in [3.63, 3.8) is 0 Å². The molecule has 2 heterocycles. The first-order chi connectivity index (χ1) is 14.5. The molecule has 0 spiro atoms. The minimum absolute atomic E-state index is 0.00562. The predicted molar refractivity (Wildman–Crippen MR) is 115 cm³/mol. The Bertz CT molecular complexity index is 1110. The van der Waals surface area contributed by atoms with Gasteiger partial charge in [-0.25, -0.2) is 9.59 Å². The van der Waals surface area contributed by atoms with Crippen molar-refractivity contribution in [3.8, 4) is 11.8 Å². The molecule has 0 saturated carbocycles. The average molecular weight is 410 g/mol. The number of carbonyl (C=O) groups excluding carboxylic acids is 1. The number of nitrogens with zero attached hydrogens (tertiary/aromatic N) is 3. The maximum Gasteiger partial charge on any atom is 0.338 e. The molecule has 0 aliphatic carbocycles. The molecule has 0 radical (unpaired) electrons. The fraction of sp³-hybridized carbons (Fsp3) is 0.409. The first-order valence-corrected chi connectivity index (χ1v) is 9.87. The van der Waals surface area contributed by atoms with Crippen LogP contribution in [0.4, 0.5) is 5.82 Å². The highest BCUT2D eigenvalue weighted by Gasteiger charge is 2.22. The molecule has 2 N–H and O–H groups in total. The summed E-state index contributed by atoms with van der Waals surface area (Å²) < 4.78 is 7.43. The SMILES string of the molecule is CC#CCn1c(N2CCC[C@@H](N)C2)cc(=O)n(Cc2ccccc2C(=O)OC)c1=O. The van der Waals surface area contributed by atoms with Crippen LogP contribution in [0.1, 0.15) is 35.7 Å². The molecule has 1 aliphatic rings. The smallest absolute Gasteiger partial charge is 0.338 e. The first-order valence-electron chi connectivity index (χ1n) is 9.87. The van der Waals surface area contributed by atoms with Crippen molar-refractivity contribution in [1.82, 2.24) is 9.13 Å². The van der Waals surface area contributed by atoms with Gasteiger partial charge in [0.15, 0.2) is 0 Å². The van der Waals surface area contributed by atoms with Crippen LogP contribution >= 0.6 is 0 Å². The normalized spacial score (nSPS) is 16.0. The first kappa shape index (κ1) is 21.4. The number of ether oxygens (including phenoxy) is 1. The molecule has 0 bridgehead atoms. The van der Waals surface area contributed by atoms with E-state index in [0.29, 0.717) is 23.5 Å². The summed E-state index contributed by atoms with van der Waals surface area (Å²) in [6.07, 6.45) is 1.81. The molecule has 1 atom stereocenters. The zero-order valence-corrected chi connectivity index (χ0v) is 17.3. The Morgan fingerprint density at radius 3 is 2.73 bits per heavy atom. The van der Waals surface area contributed by atoms with Crippen molar-refractivity contribution >= 4 is 11.8 Å². The lowest BCUT2D eigenvalue weighted by Crippen LogP contribution is -2.48. The van der Waals surface area contributed by atoms with Crippen molar-refractivity contribution in [2.75, 3.05) is 25.1 Å². The van der Waals surface area contributed by atoms with E-state index in [4.69, 9.17) is 10.5 Å². The molecule has 30 heavy (non-hydrogen) atoms. The van der Waals surface area contributed by atoms with Gasteiger partial charge >= 0.3 is 11.7 Å². The van der Waals surface area contributed by atoms with Gasteiger partial charge in [0.25, 0.3) is 5.56 Å². The number of hydrogen-bond acceptors (Lipinski definition) is 6. The number of rotatable bonds is 5. The molecule has 1 saturated heterocycles. The Hall–Kier alpha value is -3.31. The summed E-state index contributed by atoms with van der Waals surface area (Å²) in [6, 6.07) is 8.21. The lowest BCUT2D eigenvalue weighted by atomic mass is 10.1. The maximum absolute atomic E-state index is 13.3. The van der Waals surface area contributed by atoms with Crippen molar-refractivity contribution < 1.29 is 9.53 Å². The summed E-state index contributed by atoms with van der Waals surface area (Å²) in [5.74, 6) is 5.72. The largest absolute Gasteiger partial charge is 0.465 e. The lowest BCUT2D eigenvalue weighted by Gasteiger charge is -2.33. The highest BCUT2D eigenvalue weighted by atomic mass is 16.5. The number of piperidine rings is 1. The molecule has 1 aromatic heterocycles. The molecule has 8 heteroatoms. The van der Waals surface area contributed by atoms with Crippen LogP contribution < -0.4 is 21.9 Å². The summed E-state index contributed by atoms with van der Waals surface area (Å²) in [7, 11) is 1.29. The van der Waals surface area contributed by atoms with Crippen molar-refractivity contribution in [2.24, 2.45) is 5.73 Å². The van der Waals surface area contributed by atoms with Gasteiger partial charge in [-0.1, -0.05) is 24.1 Å². The number of methoxy groups -OCH3 is 1. The summed E-state index contributed by atoms with van der Waals surface area (Å²) in [4.78, 5) is 40.2. The summed E-state index contributed by atoms with van der Waals surface area (Å²) in [5.41, 5.74) is 6.03. The molecule has 1 fully saturated rings. The van der Waals surface area contributed by atoms with E-state index in [1.807, 2.05) is 4.90 Å². The number of aromatic nitrogens is 2. The quantitative estimate of drug-likeness (QED) is 0.578. The van der Waals surface area contributed by atoms with Gasteiger partial charge in [0.1, 0.15) is 5.82 Å². The molecule has 1 aromatic carbocycles. The second-order valence-corrected chi connectivity index (χ2v) is 7.22. The topological polar surface area (TPSA) is 99.6 Å². The second kappa shape index (κ2) is 9.46. The van der Waals surface area contributed by atoms with Gasteiger partial charge in [-0.15, -0.1) is 5.92 Å². The van der Waals surface area contributed by atoms with Crippen LogP contribution in [-0.2, 0) is 17.8 Å². The fourth-order valence-corrected chi connectivity index (χ4v) is 3.67. The van der Waals surface area contributed by atoms with Gasteiger partial charge < -0.3 is 15.4 Å². The minimum atomic E-state index is -0.519. The van der Waals surface area contributed by atoms with Crippen LogP contribution in [0.5, 0.6) is 0 Å². The third-order valence-electron chi connectivity index (χ3n) is 5.20. The van der Waals surface area contributed by atoms with Gasteiger partial charge in [0.05, 0.1) is 25.8 Å². The van der Waals surface area contributed by atoms with Crippen LogP contribution in [0.15, 0.2) is 39.9 Å². The molecule has 158 valence electrons. The molecular formula is C22H26N4O4. The molecule has 0 amide bonds. The van der Waals surface area contributed by atoms with E-state index in [-0.39, 0.29) is 19.1 Å². The number of esters is 1. The Kier molecular flexibility index (Phi) is 6.75. The maximum atomic E-state index is 13.3. The van der Waals surface area contributed by atoms with Crippen LogP contribution in [-0.4, -0.2) is 41.3 Å². The van der Waals surface area contributed by atoms with Gasteiger partial charge in [0, 0.05) is 25.2 Å². The van der Waals surface area contributed by atoms with Crippen LogP contribution in [0.25, 0.3) is 0 Å². The Labute approximate surface area is 174 Å². The summed E-state index contributed by atoms with van der Waals surface area (Å²) in [6.45, 7) is 3.12. The molecule has 2 aromatic rings. The third kappa shape index (κ3) is 4.47. The zero-order valence-electron chi connectivity index (χ0n) is 17.3. The highest BCUT2D eigenvalue weighted by Crippen LogP contribution is 2.17. The summed E-state index contributed by atoms with van der Waals surface area (Å²) in [5, 5.41) is 0. The molecule has 0 unspecified atom stereocenters. The molecule has 1 aliphatic heterocycles. The van der Waals surface area contributed by atoms with Crippen molar-refractivity contribution in [1.29, 1.82) is 0 Å². The van der Waals surface area contributed by atoms with E-state index in [1.54, 1.807) is 31.2 Å². The Morgan fingerprint density at radius 2 is 2.03 bits per heavy atom. The van der Waals surface area contributed by atoms with E-state index in [1.165, 1.54) is 17.7 Å². The number of nitrogens with two attached hydrogens (primary N) is 1. The predicted octanol–water partition coefficient (Wildman–Crippen LogP) is 0.796. The van der Waals surface area contributed by atoms with Gasteiger partial charge in [0.2, 0.25) is 0 Å². The van der Waals surface area contributed by atoms with E-state index >= 15 is 0 Å². The van der Waals surface area contributed by atoms with Crippen molar-refractivity contribution in [3.05, 3.63) is 62.3 Å². The Balaban J connectivity index is 2.09. The number of benzene rings is 1. The standard InChI is InChI=1S/C22H26N4O4/c1-3-4-12-25-19(24-11-7-9-17(23)15-24)13-20(27)26(22(25)29)14-16-8-5-6-10-18(16)21(28)30-2/h5-6,8,10,13,17H,7,9,11-12,14-15,23H2,1-2H3/t17-/m1/s1. The van der Waals surface area contributed by atoms with Crippen LogP contribution in [0, 0.1) is 11.8 Å². The highest BCUT2D eigenvalue weighted by molar-refractivity contribution is 5.90. The molecule has 3 rings (SSSR count). The van der Waals surface area contributed by atoms with Gasteiger partial charge in [-0.3, -0.25) is 13.9 Å². The van der Waals surface area contributed by atoms with Crippen LogP contribution in [0.3, 0.4) is 0 Å². The number of carbonyl (C=O) groups is 1. The van der Waals surface area contributed by atoms with Crippen molar-refractivity contribution in [2.45, 2.75) is 38.9 Å². The number of anilines is 1. The second-order valence-electron chi connectivity index (χ2n) is 7.22. The molecular weight excluding hydrogens is 384 g/mol. The minimum Gasteiger partial charge on any atom is -0.465 e. The average Bonchev–Trinajstić information content (AvgIpc) is 2.75. The molecule has 8 nitrogen and oxygen atoms in total. The zero-order chi connectivity index (χ0) is 21.7. The van der Waals surface area contributed by atoms with E-state index < -0.39 is 17.2 Å². The lowest BCUT2D eigenvalue weighted by molar-refractivity contribution is 0.0599. The monoisotopic (exact) mass is 410 g/mol.